The summed E-state index contributed by atoms with van der Waals surface area (Å²) in [5.74, 6) is -0.503. The summed E-state index contributed by atoms with van der Waals surface area (Å²) in [7, 11) is 1.70. The zero-order valence-corrected chi connectivity index (χ0v) is 17.9. The maximum Gasteiger partial charge on any atom is 0.246 e. The van der Waals surface area contributed by atoms with E-state index < -0.39 is 0 Å². The molecule has 1 saturated heterocycles. The average Bonchev–Trinajstić information content (AvgIpc) is 2.75. The number of carbonyl (C=O) groups excluding carboxylic acids is 2. The number of hydrogen-bond acceptors (Lipinski definition) is 2. The molecule has 0 saturated carbocycles. The molecule has 0 atom stereocenters. The van der Waals surface area contributed by atoms with Gasteiger partial charge in [-0.2, -0.15) is 0 Å². The highest BCUT2D eigenvalue weighted by Crippen LogP contribution is 2.22. The fraction of sp³-hybridized carbons (Fsp3) is 0.304. The van der Waals surface area contributed by atoms with Crippen LogP contribution in [0.1, 0.15) is 24.0 Å². The van der Waals surface area contributed by atoms with Gasteiger partial charge in [0.05, 0.1) is 0 Å². The van der Waals surface area contributed by atoms with Gasteiger partial charge in [0.15, 0.2) is 0 Å². The van der Waals surface area contributed by atoms with Gasteiger partial charge in [-0.1, -0.05) is 46.3 Å². The summed E-state index contributed by atoms with van der Waals surface area (Å²) in [4.78, 5) is 28.5. The maximum atomic E-state index is 14.0. The smallest absolute Gasteiger partial charge is 0.246 e. The van der Waals surface area contributed by atoms with Crippen molar-refractivity contribution >= 4 is 33.8 Å². The van der Waals surface area contributed by atoms with E-state index in [1.165, 1.54) is 6.07 Å². The van der Waals surface area contributed by atoms with Crippen molar-refractivity contribution < 1.29 is 14.0 Å². The van der Waals surface area contributed by atoms with Crippen LogP contribution in [0.15, 0.2) is 59.1 Å². The van der Waals surface area contributed by atoms with Crippen molar-refractivity contribution in [2.45, 2.75) is 19.4 Å². The second kappa shape index (κ2) is 9.83. The van der Waals surface area contributed by atoms with Crippen LogP contribution in [0.5, 0.6) is 0 Å². The van der Waals surface area contributed by atoms with E-state index >= 15 is 0 Å². The van der Waals surface area contributed by atoms with Crippen molar-refractivity contribution in [3.05, 3.63) is 76.0 Å². The summed E-state index contributed by atoms with van der Waals surface area (Å²) in [6, 6.07) is 14.4. The lowest BCUT2D eigenvalue weighted by Crippen LogP contribution is -2.42. The highest BCUT2D eigenvalue weighted by Gasteiger charge is 2.28. The SMILES string of the molecule is CN(Cc1cc(Br)ccc1F)C(=O)C1CCN(C(=O)/C=C/c2ccccc2)CC1. The predicted octanol–water partition coefficient (Wildman–Crippen LogP) is 4.50. The Morgan fingerprint density at radius 3 is 2.55 bits per heavy atom. The summed E-state index contributed by atoms with van der Waals surface area (Å²) in [6.07, 6.45) is 4.63. The van der Waals surface area contributed by atoms with Crippen LogP contribution in [0.3, 0.4) is 0 Å². The Bertz CT molecular complexity index is 893. The third kappa shape index (κ3) is 5.76. The van der Waals surface area contributed by atoms with Gasteiger partial charge in [0.25, 0.3) is 0 Å². The zero-order valence-electron chi connectivity index (χ0n) is 16.4. The third-order valence-corrected chi connectivity index (χ3v) is 5.66. The summed E-state index contributed by atoms with van der Waals surface area (Å²) in [5, 5.41) is 0. The average molecular weight is 459 g/mol. The molecule has 2 aromatic rings. The van der Waals surface area contributed by atoms with Crippen LogP contribution < -0.4 is 0 Å². The molecule has 1 fully saturated rings. The van der Waals surface area contributed by atoms with Crippen molar-refractivity contribution in [1.82, 2.24) is 9.80 Å². The van der Waals surface area contributed by atoms with Crippen LogP contribution in [0.25, 0.3) is 6.08 Å². The second-order valence-electron chi connectivity index (χ2n) is 7.27. The van der Waals surface area contributed by atoms with Crippen LogP contribution in [0.4, 0.5) is 4.39 Å². The monoisotopic (exact) mass is 458 g/mol. The zero-order chi connectivity index (χ0) is 20.8. The highest BCUT2D eigenvalue weighted by atomic mass is 79.9. The Morgan fingerprint density at radius 2 is 1.86 bits per heavy atom. The number of piperidine rings is 1. The summed E-state index contributed by atoms with van der Waals surface area (Å²) in [6.45, 7) is 1.32. The van der Waals surface area contributed by atoms with Gasteiger partial charge in [-0.05, 0) is 42.7 Å². The fourth-order valence-electron chi connectivity index (χ4n) is 3.49. The van der Waals surface area contributed by atoms with E-state index in [0.717, 1.165) is 10.0 Å². The van der Waals surface area contributed by atoms with E-state index in [0.29, 0.717) is 31.5 Å². The van der Waals surface area contributed by atoms with Gasteiger partial charge in [-0.15, -0.1) is 0 Å². The lowest BCUT2D eigenvalue weighted by Gasteiger charge is -2.32. The first-order valence-electron chi connectivity index (χ1n) is 9.65. The lowest BCUT2D eigenvalue weighted by atomic mass is 9.95. The molecular weight excluding hydrogens is 435 g/mol. The number of amides is 2. The van der Waals surface area contributed by atoms with E-state index in [-0.39, 0.29) is 30.1 Å². The fourth-order valence-corrected chi connectivity index (χ4v) is 3.90. The topological polar surface area (TPSA) is 40.6 Å². The molecule has 6 heteroatoms. The van der Waals surface area contributed by atoms with E-state index in [1.54, 1.807) is 41.1 Å². The largest absolute Gasteiger partial charge is 0.341 e. The molecule has 2 aromatic carbocycles. The molecule has 0 aliphatic carbocycles. The van der Waals surface area contributed by atoms with Crippen LogP contribution in [0.2, 0.25) is 0 Å². The molecule has 29 heavy (non-hydrogen) atoms. The van der Waals surface area contributed by atoms with Crippen LogP contribution in [0, 0.1) is 11.7 Å². The van der Waals surface area contributed by atoms with Gasteiger partial charge in [-0.3, -0.25) is 9.59 Å². The number of nitrogens with zero attached hydrogens (tertiary/aromatic N) is 2. The van der Waals surface area contributed by atoms with Crippen molar-refractivity contribution in [1.29, 1.82) is 0 Å². The minimum atomic E-state index is -0.321. The number of likely N-dealkylation sites (tertiary alicyclic amines) is 1. The Kier molecular flexibility index (Phi) is 7.20. The Balaban J connectivity index is 1.51. The molecule has 0 aromatic heterocycles. The molecule has 0 radical (unpaired) electrons. The second-order valence-corrected chi connectivity index (χ2v) is 8.19. The molecule has 3 rings (SSSR count). The standard InChI is InChI=1S/C23H24BrFN2O2/c1-26(16-19-15-20(24)8-9-21(19)25)23(29)18-11-13-27(14-12-18)22(28)10-7-17-5-3-2-4-6-17/h2-10,15,18H,11-14,16H2,1H3/b10-7+. The third-order valence-electron chi connectivity index (χ3n) is 5.17. The minimum absolute atomic E-state index is 0.00342. The molecule has 0 bridgehead atoms. The van der Waals surface area contributed by atoms with Crippen molar-refractivity contribution in [3.63, 3.8) is 0 Å². The Labute approximate surface area is 179 Å². The van der Waals surface area contributed by atoms with Gasteiger partial charge in [0.1, 0.15) is 5.82 Å². The molecule has 1 aliphatic heterocycles. The van der Waals surface area contributed by atoms with Crippen molar-refractivity contribution in [2.75, 3.05) is 20.1 Å². The molecule has 4 nitrogen and oxygen atoms in total. The first-order chi connectivity index (χ1) is 13.9. The molecular formula is C23H24BrFN2O2. The molecule has 1 aliphatic rings. The first kappa shape index (κ1) is 21.2. The summed E-state index contributed by atoms with van der Waals surface area (Å²) in [5.41, 5.74) is 1.46. The first-order valence-corrected chi connectivity index (χ1v) is 10.4. The number of benzene rings is 2. The lowest BCUT2D eigenvalue weighted by molar-refractivity contribution is -0.138. The van der Waals surface area contributed by atoms with E-state index in [1.807, 2.05) is 30.3 Å². The van der Waals surface area contributed by atoms with Gasteiger partial charge in [0, 0.05) is 48.7 Å². The molecule has 0 spiro atoms. The van der Waals surface area contributed by atoms with Crippen molar-refractivity contribution in [3.8, 4) is 0 Å². The maximum absolute atomic E-state index is 14.0. The number of hydrogen-bond donors (Lipinski definition) is 0. The highest BCUT2D eigenvalue weighted by molar-refractivity contribution is 9.10. The predicted molar refractivity (Wildman–Crippen MR) is 115 cm³/mol. The number of halogens is 2. The molecule has 2 amide bonds. The quantitative estimate of drug-likeness (QED) is 0.618. The minimum Gasteiger partial charge on any atom is -0.341 e. The van der Waals surface area contributed by atoms with E-state index in [2.05, 4.69) is 15.9 Å². The van der Waals surface area contributed by atoms with Crippen LogP contribution in [-0.2, 0) is 16.1 Å². The Hall–Kier alpha value is -2.47. The molecule has 0 unspecified atom stereocenters. The van der Waals surface area contributed by atoms with E-state index in [9.17, 15) is 14.0 Å². The van der Waals surface area contributed by atoms with Crippen LogP contribution >= 0.6 is 15.9 Å². The molecule has 152 valence electrons. The molecule has 1 heterocycles. The van der Waals surface area contributed by atoms with Gasteiger partial charge >= 0.3 is 0 Å². The van der Waals surface area contributed by atoms with Crippen molar-refractivity contribution in [2.24, 2.45) is 5.92 Å². The normalized spacial score (nSPS) is 14.9. The van der Waals surface area contributed by atoms with Gasteiger partial charge in [-0.25, -0.2) is 4.39 Å². The van der Waals surface area contributed by atoms with Crippen LogP contribution in [-0.4, -0.2) is 41.8 Å². The molecule has 0 N–H and O–H groups in total. The van der Waals surface area contributed by atoms with Gasteiger partial charge in [0.2, 0.25) is 11.8 Å². The van der Waals surface area contributed by atoms with Gasteiger partial charge < -0.3 is 9.80 Å². The summed E-state index contributed by atoms with van der Waals surface area (Å²) >= 11 is 3.33. The Morgan fingerprint density at radius 1 is 1.17 bits per heavy atom. The number of rotatable bonds is 5. The van der Waals surface area contributed by atoms with E-state index in [4.69, 9.17) is 0 Å². The summed E-state index contributed by atoms with van der Waals surface area (Å²) < 4.78 is 14.7. The number of carbonyl (C=O) groups is 2.